The molecule has 0 spiro atoms. The summed E-state index contributed by atoms with van der Waals surface area (Å²) in [6, 6.07) is 7.67. The number of halogens is 3. The third-order valence-corrected chi connectivity index (χ3v) is 4.17. The van der Waals surface area contributed by atoms with Crippen molar-refractivity contribution in [3.63, 3.8) is 0 Å². The molecule has 1 aliphatic rings. The smallest absolute Gasteiger partial charge is 0.351 e. The maximum atomic E-state index is 12.6. The summed E-state index contributed by atoms with van der Waals surface area (Å²) in [5, 5.41) is 9.59. The Morgan fingerprint density at radius 1 is 1.24 bits per heavy atom. The molecule has 1 fully saturated rings. The highest BCUT2D eigenvalue weighted by atomic mass is 19.4. The molecule has 0 aliphatic carbocycles. The Balaban J connectivity index is 1.58. The van der Waals surface area contributed by atoms with Crippen LogP contribution in [0.5, 0.6) is 0 Å². The standard InChI is InChI=1S/C17H19F3N4O/c18-17(19,20)15-8-10-24(23-15)13-6-4-12(5-7-13)11-22-16(25)14-3-1-2-9-21-14/h4-8,10,14,21H,1-3,9,11H2,(H,22,25). The number of hydrogen-bond acceptors (Lipinski definition) is 3. The number of hydrogen-bond donors (Lipinski definition) is 2. The van der Waals surface area contributed by atoms with Gasteiger partial charge in [-0.05, 0) is 43.1 Å². The summed E-state index contributed by atoms with van der Waals surface area (Å²) < 4.78 is 38.9. The molecule has 3 rings (SSSR count). The van der Waals surface area contributed by atoms with Crippen LogP contribution < -0.4 is 10.6 Å². The van der Waals surface area contributed by atoms with Crippen LogP contribution in [0.15, 0.2) is 36.5 Å². The molecular formula is C17H19F3N4O. The number of amides is 1. The average molecular weight is 352 g/mol. The fourth-order valence-corrected chi connectivity index (χ4v) is 2.77. The molecule has 0 bridgehead atoms. The van der Waals surface area contributed by atoms with Crippen molar-refractivity contribution in [2.24, 2.45) is 0 Å². The number of nitrogens with zero attached hydrogens (tertiary/aromatic N) is 2. The highest BCUT2D eigenvalue weighted by Crippen LogP contribution is 2.27. The van der Waals surface area contributed by atoms with Crippen molar-refractivity contribution in [2.75, 3.05) is 6.54 Å². The van der Waals surface area contributed by atoms with Crippen LogP contribution in [0.4, 0.5) is 13.2 Å². The maximum Gasteiger partial charge on any atom is 0.435 e. The molecule has 1 atom stereocenters. The number of piperidine rings is 1. The molecule has 1 aromatic carbocycles. The van der Waals surface area contributed by atoms with Crippen molar-refractivity contribution in [3.05, 3.63) is 47.8 Å². The van der Waals surface area contributed by atoms with Crippen LogP contribution in [0.3, 0.4) is 0 Å². The lowest BCUT2D eigenvalue weighted by molar-refractivity contribution is -0.141. The van der Waals surface area contributed by atoms with Gasteiger partial charge in [0.15, 0.2) is 5.69 Å². The van der Waals surface area contributed by atoms with Gasteiger partial charge < -0.3 is 10.6 Å². The van der Waals surface area contributed by atoms with E-state index in [1.54, 1.807) is 24.3 Å². The third-order valence-electron chi connectivity index (χ3n) is 4.17. The number of aromatic nitrogens is 2. The molecule has 25 heavy (non-hydrogen) atoms. The van der Waals surface area contributed by atoms with E-state index in [1.165, 1.54) is 10.9 Å². The summed E-state index contributed by atoms with van der Waals surface area (Å²) >= 11 is 0. The van der Waals surface area contributed by atoms with Crippen LogP contribution in [0, 0.1) is 0 Å². The zero-order valence-corrected chi connectivity index (χ0v) is 13.5. The molecule has 1 unspecified atom stereocenters. The van der Waals surface area contributed by atoms with Gasteiger partial charge in [0.2, 0.25) is 5.91 Å². The van der Waals surface area contributed by atoms with Crippen molar-refractivity contribution >= 4 is 5.91 Å². The minimum Gasteiger partial charge on any atom is -0.351 e. The van der Waals surface area contributed by atoms with Crippen LogP contribution in [-0.4, -0.2) is 28.3 Å². The van der Waals surface area contributed by atoms with Crippen molar-refractivity contribution in [3.8, 4) is 5.69 Å². The number of rotatable bonds is 4. The van der Waals surface area contributed by atoms with E-state index >= 15 is 0 Å². The third kappa shape index (κ3) is 4.39. The largest absolute Gasteiger partial charge is 0.435 e. The van der Waals surface area contributed by atoms with Gasteiger partial charge in [-0.25, -0.2) is 4.68 Å². The first-order chi connectivity index (χ1) is 11.9. The normalized spacial score (nSPS) is 18.1. The average Bonchev–Trinajstić information content (AvgIpc) is 3.11. The molecule has 2 N–H and O–H groups in total. The van der Waals surface area contributed by atoms with Gasteiger partial charge in [0, 0.05) is 12.7 Å². The van der Waals surface area contributed by atoms with Gasteiger partial charge in [-0.2, -0.15) is 18.3 Å². The second-order valence-corrected chi connectivity index (χ2v) is 6.03. The van der Waals surface area contributed by atoms with E-state index in [4.69, 9.17) is 0 Å². The zero-order chi connectivity index (χ0) is 17.9. The van der Waals surface area contributed by atoms with Crippen LogP contribution >= 0.6 is 0 Å². The van der Waals surface area contributed by atoms with Crippen molar-refractivity contribution in [2.45, 2.75) is 38.0 Å². The molecule has 1 amide bonds. The van der Waals surface area contributed by atoms with Gasteiger partial charge >= 0.3 is 6.18 Å². The predicted octanol–water partition coefficient (Wildman–Crippen LogP) is 2.65. The molecule has 1 saturated heterocycles. The van der Waals surface area contributed by atoms with Gasteiger partial charge in [0.05, 0.1) is 11.7 Å². The van der Waals surface area contributed by atoms with Crippen molar-refractivity contribution < 1.29 is 18.0 Å². The first-order valence-electron chi connectivity index (χ1n) is 8.17. The molecule has 0 radical (unpaired) electrons. The Hall–Kier alpha value is -2.35. The Bertz CT molecular complexity index is 718. The fraction of sp³-hybridized carbons (Fsp3) is 0.412. The second kappa shape index (κ2) is 7.26. The van der Waals surface area contributed by atoms with Gasteiger partial charge in [-0.3, -0.25) is 4.79 Å². The van der Waals surface area contributed by atoms with Crippen molar-refractivity contribution in [1.29, 1.82) is 0 Å². The first kappa shape index (κ1) is 17.5. The predicted molar refractivity (Wildman–Crippen MR) is 86.1 cm³/mol. The summed E-state index contributed by atoms with van der Waals surface area (Å²) in [7, 11) is 0. The molecule has 134 valence electrons. The SMILES string of the molecule is O=C(NCc1ccc(-n2ccc(C(F)(F)F)n2)cc1)C1CCCCN1. The minimum atomic E-state index is -4.46. The number of carbonyl (C=O) groups excluding carboxylic acids is 1. The van der Waals surface area contributed by atoms with Crippen molar-refractivity contribution in [1.82, 2.24) is 20.4 Å². The highest BCUT2D eigenvalue weighted by molar-refractivity contribution is 5.81. The number of carbonyl (C=O) groups is 1. The molecular weight excluding hydrogens is 333 g/mol. The minimum absolute atomic E-state index is 0.0225. The summed E-state index contributed by atoms with van der Waals surface area (Å²) in [5.41, 5.74) is 0.472. The van der Waals surface area contributed by atoms with Crippen LogP contribution in [0.2, 0.25) is 0 Å². The Kier molecular flexibility index (Phi) is 5.08. The van der Waals surface area contributed by atoms with Crippen LogP contribution in [-0.2, 0) is 17.5 Å². The highest BCUT2D eigenvalue weighted by Gasteiger charge is 2.33. The molecule has 8 heteroatoms. The molecule has 2 aromatic rings. The lowest BCUT2D eigenvalue weighted by Crippen LogP contribution is -2.46. The molecule has 5 nitrogen and oxygen atoms in total. The summed E-state index contributed by atoms with van der Waals surface area (Å²) in [5.74, 6) is -0.0225. The molecule has 0 saturated carbocycles. The van der Waals surface area contributed by atoms with E-state index < -0.39 is 11.9 Å². The van der Waals surface area contributed by atoms with E-state index in [-0.39, 0.29) is 11.9 Å². The zero-order valence-electron chi connectivity index (χ0n) is 13.5. The van der Waals surface area contributed by atoms with E-state index in [2.05, 4.69) is 15.7 Å². The van der Waals surface area contributed by atoms with E-state index in [0.29, 0.717) is 12.2 Å². The summed E-state index contributed by atoms with van der Waals surface area (Å²) in [4.78, 5) is 12.1. The monoisotopic (exact) mass is 352 g/mol. The van der Waals surface area contributed by atoms with Crippen LogP contribution in [0.1, 0.15) is 30.5 Å². The van der Waals surface area contributed by atoms with Gasteiger partial charge in [-0.15, -0.1) is 0 Å². The number of nitrogens with one attached hydrogen (secondary N) is 2. The number of alkyl halides is 3. The van der Waals surface area contributed by atoms with Crippen LogP contribution in [0.25, 0.3) is 5.69 Å². The molecule has 1 aliphatic heterocycles. The van der Waals surface area contributed by atoms with E-state index in [9.17, 15) is 18.0 Å². The van der Waals surface area contributed by atoms with Gasteiger partial charge in [-0.1, -0.05) is 18.6 Å². The van der Waals surface area contributed by atoms with Gasteiger partial charge in [0.1, 0.15) is 0 Å². The lowest BCUT2D eigenvalue weighted by atomic mass is 10.0. The quantitative estimate of drug-likeness (QED) is 0.889. The fourth-order valence-electron chi connectivity index (χ4n) is 2.77. The second-order valence-electron chi connectivity index (χ2n) is 6.03. The Morgan fingerprint density at radius 3 is 2.60 bits per heavy atom. The van der Waals surface area contributed by atoms with Gasteiger partial charge in [0.25, 0.3) is 0 Å². The Morgan fingerprint density at radius 2 is 2.00 bits per heavy atom. The summed E-state index contributed by atoms with van der Waals surface area (Å²) in [6.07, 6.45) is -0.207. The van der Waals surface area contributed by atoms with E-state index in [1.807, 2.05) is 0 Å². The lowest BCUT2D eigenvalue weighted by Gasteiger charge is -2.22. The molecule has 2 heterocycles. The summed E-state index contributed by atoms with van der Waals surface area (Å²) in [6.45, 7) is 1.24. The molecule has 1 aromatic heterocycles. The Labute approximate surface area is 143 Å². The topological polar surface area (TPSA) is 59.0 Å². The first-order valence-corrected chi connectivity index (χ1v) is 8.17. The maximum absolute atomic E-state index is 12.6. The van der Waals surface area contributed by atoms with E-state index in [0.717, 1.165) is 37.4 Å². The number of benzene rings is 1.